The van der Waals surface area contributed by atoms with Gasteiger partial charge in [-0.1, -0.05) is 0 Å². The number of aryl methyl sites for hydroxylation is 1. The van der Waals surface area contributed by atoms with Gasteiger partial charge in [0.05, 0.1) is 17.8 Å². The molecule has 0 radical (unpaired) electrons. The lowest BCUT2D eigenvalue weighted by molar-refractivity contribution is 0.1000. The van der Waals surface area contributed by atoms with Gasteiger partial charge in [0, 0.05) is 30.8 Å². The Morgan fingerprint density at radius 2 is 2.42 bits per heavy atom. The summed E-state index contributed by atoms with van der Waals surface area (Å²) in [5.41, 5.74) is 5.68. The average Bonchev–Trinajstić information content (AvgIpc) is 3.07. The number of hydrogen-bond acceptors (Lipinski definition) is 6. The van der Waals surface area contributed by atoms with E-state index in [1.54, 1.807) is 6.20 Å². The zero-order valence-electron chi connectivity index (χ0n) is 10.5. The molecule has 8 heteroatoms. The highest BCUT2D eigenvalue weighted by Gasteiger charge is 2.26. The van der Waals surface area contributed by atoms with Gasteiger partial charge < -0.3 is 10.6 Å². The number of rotatable bonds is 3. The molecular formula is C11H14N6OS. The first kappa shape index (κ1) is 12.1. The molecule has 0 spiro atoms. The minimum atomic E-state index is -0.444. The molecule has 2 aromatic heterocycles. The molecule has 0 aliphatic carbocycles. The fourth-order valence-corrected chi connectivity index (χ4v) is 2.92. The van der Waals surface area contributed by atoms with Crippen LogP contribution in [0.4, 0.5) is 5.13 Å². The van der Waals surface area contributed by atoms with E-state index in [4.69, 9.17) is 5.73 Å². The molecule has 3 heterocycles. The molecule has 1 saturated heterocycles. The van der Waals surface area contributed by atoms with E-state index in [0.717, 1.165) is 30.5 Å². The predicted octanol–water partition coefficient (Wildman–Crippen LogP) is 0.593. The minimum Gasteiger partial charge on any atom is -0.366 e. The van der Waals surface area contributed by atoms with Crippen LogP contribution in [-0.2, 0) is 0 Å². The highest BCUT2D eigenvalue weighted by atomic mass is 32.1. The van der Waals surface area contributed by atoms with E-state index in [1.807, 2.05) is 11.6 Å². The van der Waals surface area contributed by atoms with Gasteiger partial charge in [-0.3, -0.25) is 9.48 Å². The van der Waals surface area contributed by atoms with Crippen LogP contribution in [0.3, 0.4) is 0 Å². The zero-order chi connectivity index (χ0) is 13.4. The van der Waals surface area contributed by atoms with Gasteiger partial charge in [-0.15, -0.1) is 0 Å². The van der Waals surface area contributed by atoms with Crippen LogP contribution in [0.1, 0.15) is 28.6 Å². The van der Waals surface area contributed by atoms with Crippen molar-refractivity contribution in [3.63, 3.8) is 0 Å². The molecule has 1 aliphatic heterocycles. The molecule has 1 aliphatic rings. The van der Waals surface area contributed by atoms with Crippen LogP contribution < -0.4 is 10.6 Å². The summed E-state index contributed by atoms with van der Waals surface area (Å²) in [7, 11) is 0. The van der Waals surface area contributed by atoms with Crippen LogP contribution in [0.5, 0.6) is 0 Å². The third-order valence-corrected chi connectivity index (χ3v) is 4.08. The van der Waals surface area contributed by atoms with Crippen LogP contribution in [0.15, 0.2) is 12.4 Å². The molecule has 0 saturated carbocycles. The minimum absolute atomic E-state index is 0.248. The topological polar surface area (TPSA) is 89.9 Å². The molecule has 0 aromatic carbocycles. The van der Waals surface area contributed by atoms with Crippen molar-refractivity contribution in [3.05, 3.63) is 23.8 Å². The normalized spacial score (nSPS) is 19.0. The highest BCUT2D eigenvalue weighted by Crippen LogP contribution is 2.27. The highest BCUT2D eigenvalue weighted by molar-refractivity contribution is 7.09. The number of primary amides is 1. The van der Waals surface area contributed by atoms with E-state index in [0.29, 0.717) is 5.56 Å². The van der Waals surface area contributed by atoms with E-state index in [1.165, 1.54) is 17.7 Å². The Morgan fingerprint density at radius 3 is 3.05 bits per heavy atom. The number of amides is 1. The average molecular weight is 278 g/mol. The molecule has 2 aromatic rings. The Bertz CT molecular complexity index is 606. The first-order valence-corrected chi connectivity index (χ1v) is 6.80. The van der Waals surface area contributed by atoms with Gasteiger partial charge in [-0.25, -0.2) is 4.98 Å². The lowest BCUT2D eigenvalue weighted by atomic mass is 10.3. The second-order valence-corrected chi connectivity index (χ2v) is 5.32. The number of carbonyl (C=O) groups is 1. The van der Waals surface area contributed by atoms with Crippen LogP contribution in [0.25, 0.3) is 0 Å². The maximum atomic E-state index is 11.1. The predicted molar refractivity (Wildman–Crippen MR) is 71.3 cm³/mol. The van der Waals surface area contributed by atoms with Gasteiger partial charge >= 0.3 is 0 Å². The van der Waals surface area contributed by atoms with Crippen molar-refractivity contribution in [1.29, 1.82) is 0 Å². The van der Waals surface area contributed by atoms with Gasteiger partial charge in [0.1, 0.15) is 5.82 Å². The largest absolute Gasteiger partial charge is 0.366 e. The quantitative estimate of drug-likeness (QED) is 0.887. The summed E-state index contributed by atoms with van der Waals surface area (Å²) in [6, 6.07) is 0.248. The van der Waals surface area contributed by atoms with E-state index in [2.05, 4.69) is 19.4 Å². The third-order valence-electron chi connectivity index (χ3n) is 3.21. The van der Waals surface area contributed by atoms with Crippen LogP contribution in [-0.4, -0.2) is 38.1 Å². The zero-order valence-corrected chi connectivity index (χ0v) is 11.3. The maximum absolute atomic E-state index is 11.1. The van der Waals surface area contributed by atoms with Crippen molar-refractivity contribution in [3.8, 4) is 0 Å². The number of nitrogens with two attached hydrogens (primary N) is 1. The number of hydrogen-bond donors (Lipinski definition) is 1. The first-order chi connectivity index (χ1) is 9.13. The SMILES string of the molecule is Cc1nsc(N2CCC(n3cc(C(N)=O)cn3)C2)n1. The molecule has 7 nitrogen and oxygen atoms in total. The lowest BCUT2D eigenvalue weighted by Gasteiger charge is -2.14. The summed E-state index contributed by atoms with van der Waals surface area (Å²) in [5.74, 6) is 0.361. The number of nitrogens with zero attached hydrogens (tertiary/aromatic N) is 5. The van der Waals surface area contributed by atoms with Gasteiger partial charge in [0.25, 0.3) is 5.91 Å². The molecule has 100 valence electrons. The Kier molecular flexibility index (Phi) is 2.94. The van der Waals surface area contributed by atoms with Crippen molar-refractivity contribution >= 4 is 22.6 Å². The maximum Gasteiger partial charge on any atom is 0.251 e. The Hall–Kier alpha value is -1.96. The summed E-state index contributed by atoms with van der Waals surface area (Å²) in [6.07, 6.45) is 4.19. The van der Waals surface area contributed by atoms with Crippen molar-refractivity contribution < 1.29 is 4.79 Å². The third kappa shape index (κ3) is 2.30. The van der Waals surface area contributed by atoms with Gasteiger partial charge in [0.2, 0.25) is 5.13 Å². The molecule has 1 amide bonds. The lowest BCUT2D eigenvalue weighted by Crippen LogP contribution is -2.21. The second kappa shape index (κ2) is 4.61. The molecule has 19 heavy (non-hydrogen) atoms. The van der Waals surface area contributed by atoms with E-state index in [-0.39, 0.29) is 6.04 Å². The Morgan fingerprint density at radius 1 is 1.58 bits per heavy atom. The number of carbonyl (C=O) groups excluding carboxylic acids is 1. The summed E-state index contributed by atoms with van der Waals surface area (Å²) in [6.45, 7) is 3.64. The molecule has 1 atom stereocenters. The first-order valence-electron chi connectivity index (χ1n) is 6.02. The second-order valence-electron chi connectivity index (χ2n) is 4.59. The van der Waals surface area contributed by atoms with Crippen LogP contribution in [0.2, 0.25) is 0 Å². The molecule has 1 fully saturated rings. The monoisotopic (exact) mass is 278 g/mol. The van der Waals surface area contributed by atoms with Gasteiger partial charge in [-0.05, 0) is 13.3 Å². The summed E-state index contributed by atoms with van der Waals surface area (Å²) >= 11 is 1.42. The van der Waals surface area contributed by atoms with Gasteiger partial charge in [0.15, 0.2) is 0 Å². The number of aromatic nitrogens is 4. The van der Waals surface area contributed by atoms with Crippen molar-refractivity contribution in [2.45, 2.75) is 19.4 Å². The molecule has 2 N–H and O–H groups in total. The standard InChI is InChI=1S/C11H14N6OS/c1-7-14-11(19-15-7)16-3-2-9(6-16)17-5-8(4-13-17)10(12)18/h4-5,9H,2-3,6H2,1H3,(H2,12,18). The fourth-order valence-electron chi connectivity index (χ4n) is 2.21. The smallest absolute Gasteiger partial charge is 0.251 e. The van der Waals surface area contributed by atoms with E-state index in [9.17, 15) is 4.79 Å². The Balaban J connectivity index is 1.73. The van der Waals surface area contributed by atoms with Crippen LogP contribution in [0, 0.1) is 6.92 Å². The molecular weight excluding hydrogens is 264 g/mol. The van der Waals surface area contributed by atoms with E-state index >= 15 is 0 Å². The molecule has 0 bridgehead atoms. The van der Waals surface area contributed by atoms with Crippen molar-refractivity contribution in [2.75, 3.05) is 18.0 Å². The van der Waals surface area contributed by atoms with Gasteiger partial charge in [-0.2, -0.15) is 9.47 Å². The fraction of sp³-hybridized carbons (Fsp3) is 0.455. The summed E-state index contributed by atoms with van der Waals surface area (Å²) < 4.78 is 6.01. The molecule has 1 unspecified atom stereocenters. The van der Waals surface area contributed by atoms with Crippen molar-refractivity contribution in [2.24, 2.45) is 5.73 Å². The van der Waals surface area contributed by atoms with Crippen molar-refractivity contribution in [1.82, 2.24) is 19.1 Å². The number of anilines is 1. The van der Waals surface area contributed by atoms with Crippen LogP contribution >= 0.6 is 11.5 Å². The summed E-state index contributed by atoms with van der Waals surface area (Å²) in [5, 5.41) is 5.16. The molecule has 3 rings (SSSR count). The summed E-state index contributed by atoms with van der Waals surface area (Å²) in [4.78, 5) is 17.6. The Labute approximate surface area is 114 Å². The van der Waals surface area contributed by atoms with E-state index < -0.39 is 5.91 Å².